The lowest BCUT2D eigenvalue weighted by atomic mass is 9.87. The summed E-state index contributed by atoms with van der Waals surface area (Å²) in [5.74, 6) is 1.36. The fourth-order valence-electron chi connectivity index (χ4n) is 3.20. The van der Waals surface area contributed by atoms with Crippen LogP contribution >= 0.6 is 0 Å². The van der Waals surface area contributed by atoms with Gasteiger partial charge in [-0.2, -0.15) is 0 Å². The monoisotopic (exact) mass is 254 g/mol. The molecular weight excluding hydrogens is 228 g/mol. The standard InChI is InChI=1S/C14H26N2O2/c1-14(2,3)18-13(17)16-12-9-15-8-11(12)10-6-4-5-7-10/h10-12,15H,4-9H2,1-3H3,(H,16,17). The molecule has 2 unspecified atom stereocenters. The van der Waals surface area contributed by atoms with Gasteiger partial charge in [0.1, 0.15) is 5.60 Å². The van der Waals surface area contributed by atoms with Crippen LogP contribution < -0.4 is 10.6 Å². The smallest absolute Gasteiger partial charge is 0.407 e. The van der Waals surface area contributed by atoms with Gasteiger partial charge in [0.15, 0.2) is 0 Å². The fourth-order valence-corrected chi connectivity index (χ4v) is 3.20. The van der Waals surface area contributed by atoms with Crippen LogP contribution in [0.5, 0.6) is 0 Å². The Bertz CT molecular complexity index is 293. The van der Waals surface area contributed by atoms with Crippen molar-refractivity contribution in [3.8, 4) is 0 Å². The highest BCUT2D eigenvalue weighted by atomic mass is 16.6. The number of rotatable bonds is 2. The second-order valence-electron chi connectivity index (χ2n) is 6.62. The Morgan fingerprint density at radius 3 is 2.50 bits per heavy atom. The molecular formula is C14H26N2O2. The Balaban J connectivity index is 1.85. The van der Waals surface area contributed by atoms with Crippen LogP contribution in [0, 0.1) is 11.8 Å². The fraction of sp³-hybridized carbons (Fsp3) is 0.929. The van der Waals surface area contributed by atoms with E-state index in [9.17, 15) is 4.79 Å². The van der Waals surface area contributed by atoms with Gasteiger partial charge in [-0.05, 0) is 32.6 Å². The number of hydrogen-bond donors (Lipinski definition) is 2. The number of ether oxygens (including phenoxy) is 1. The minimum Gasteiger partial charge on any atom is -0.444 e. The first-order valence-electron chi connectivity index (χ1n) is 7.16. The van der Waals surface area contributed by atoms with E-state index in [4.69, 9.17) is 4.74 Å². The molecule has 0 spiro atoms. The third-order valence-electron chi connectivity index (χ3n) is 3.97. The van der Waals surface area contributed by atoms with Crippen molar-refractivity contribution in [2.75, 3.05) is 13.1 Å². The van der Waals surface area contributed by atoms with E-state index >= 15 is 0 Å². The Kier molecular flexibility index (Phi) is 4.15. The van der Waals surface area contributed by atoms with Crippen LogP contribution in [0.15, 0.2) is 0 Å². The van der Waals surface area contributed by atoms with Gasteiger partial charge in [-0.15, -0.1) is 0 Å². The summed E-state index contributed by atoms with van der Waals surface area (Å²) >= 11 is 0. The molecule has 1 amide bonds. The molecule has 104 valence electrons. The van der Waals surface area contributed by atoms with Crippen LogP contribution in [-0.4, -0.2) is 30.8 Å². The molecule has 1 aliphatic carbocycles. The zero-order valence-corrected chi connectivity index (χ0v) is 11.8. The summed E-state index contributed by atoms with van der Waals surface area (Å²) in [5.41, 5.74) is -0.418. The van der Waals surface area contributed by atoms with Gasteiger partial charge in [-0.1, -0.05) is 25.7 Å². The Morgan fingerprint density at radius 1 is 1.22 bits per heavy atom. The van der Waals surface area contributed by atoms with E-state index in [1.165, 1.54) is 25.7 Å². The van der Waals surface area contributed by atoms with Crippen LogP contribution in [0.2, 0.25) is 0 Å². The van der Waals surface area contributed by atoms with Crippen LogP contribution in [0.1, 0.15) is 46.5 Å². The maximum atomic E-state index is 11.8. The molecule has 0 bridgehead atoms. The molecule has 1 saturated carbocycles. The van der Waals surface area contributed by atoms with Crippen molar-refractivity contribution in [2.24, 2.45) is 11.8 Å². The minimum atomic E-state index is -0.418. The maximum absolute atomic E-state index is 11.8. The summed E-state index contributed by atoms with van der Waals surface area (Å²) < 4.78 is 5.33. The molecule has 4 heteroatoms. The minimum absolute atomic E-state index is 0.239. The quantitative estimate of drug-likeness (QED) is 0.795. The van der Waals surface area contributed by atoms with E-state index in [0.29, 0.717) is 5.92 Å². The Hall–Kier alpha value is -0.770. The number of carbonyl (C=O) groups excluding carboxylic acids is 1. The molecule has 2 N–H and O–H groups in total. The van der Waals surface area contributed by atoms with Gasteiger partial charge in [0.05, 0.1) is 0 Å². The Morgan fingerprint density at radius 2 is 1.89 bits per heavy atom. The van der Waals surface area contributed by atoms with Crippen molar-refractivity contribution in [1.82, 2.24) is 10.6 Å². The SMILES string of the molecule is CC(C)(C)OC(=O)NC1CNCC1C1CCCC1. The molecule has 0 aromatic heterocycles. The summed E-state index contributed by atoms with van der Waals surface area (Å²) in [6.07, 6.45) is 5.05. The summed E-state index contributed by atoms with van der Waals surface area (Å²) in [5, 5.41) is 6.44. The number of alkyl carbamates (subject to hydrolysis) is 1. The van der Waals surface area contributed by atoms with Gasteiger partial charge in [-0.3, -0.25) is 0 Å². The molecule has 2 atom stereocenters. The second kappa shape index (κ2) is 5.47. The lowest BCUT2D eigenvalue weighted by molar-refractivity contribution is 0.0489. The zero-order valence-electron chi connectivity index (χ0n) is 11.8. The van der Waals surface area contributed by atoms with E-state index in [1.807, 2.05) is 20.8 Å². The molecule has 0 aromatic rings. The second-order valence-corrected chi connectivity index (χ2v) is 6.62. The van der Waals surface area contributed by atoms with E-state index in [0.717, 1.165) is 19.0 Å². The van der Waals surface area contributed by atoms with Gasteiger partial charge in [0, 0.05) is 19.1 Å². The third kappa shape index (κ3) is 3.61. The topological polar surface area (TPSA) is 50.4 Å². The number of hydrogen-bond acceptors (Lipinski definition) is 3. The van der Waals surface area contributed by atoms with Crippen molar-refractivity contribution >= 4 is 6.09 Å². The number of amides is 1. The van der Waals surface area contributed by atoms with Gasteiger partial charge in [0.25, 0.3) is 0 Å². The number of carbonyl (C=O) groups is 1. The molecule has 4 nitrogen and oxygen atoms in total. The predicted molar refractivity (Wildman–Crippen MR) is 71.5 cm³/mol. The van der Waals surface area contributed by atoms with E-state index in [1.54, 1.807) is 0 Å². The largest absolute Gasteiger partial charge is 0.444 e. The molecule has 18 heavy (non-hydrogen) atoms. The summed E-state index contributed by atoms with van der Waals surface area (Å²) in [4.78, 5) is 11.8. The third-order valence-corrected chi connectivity index (χ3v) is 3.97. The van der Waals surface area contributed by atoms with Gasteiger partial charge in [0.2, 0.25) is 0 Å². The summed E-state index contributed by atoms with van der Waals surface area (Å²) in [6.45, 7) is 7.60. The normalized spacial score (nSPS) is 29.5. The summed E-state index contributed by atoms with van der Waals surface area (Å²) in [7, 11) is 0. The molecule has 1 aliphatic heterocycles. The van der Waals surface area contributed by atoms with Gasteiger partial charge >= 0.3 is 6.09 Å². The molecule has 1 saturated heterocycles. The first-order valence-corrected chi connectivity index (χ1v) is 7.16. The molecule has 1 heterocycles. The zero-order chi connectivity index (χ0) is 13.2. The van der Waals surface area contributed by atoms with Crippen molar-refractivity contribution in [3.63, 3.8) is 0 Å². The van der Waals surface area contributed by atoms with Crippen molar-refractivity contribution in [2.45, 2.75) is 58.1 Å². The average Bonchev–Trinajstić information content (AvgIpc) is 2.82. The molecule has 2 aliphatic rings. The van der Waals surface area contributed by atoms with Gasteiger partial charge in [-0.25, -0.2) is 4.79 Å². The molecule has 0 radical (unpaired) electrons. The van der Waals surface area contributed by atoms with Crippen molar-refractivity contribution < 1.29 is 9.53 Å². The summed E-state index contributed by atoms with van der Waals surface area (Å²) in [6, 6.07) is 0.239. The highest BCUT2D eigenvalue weighted by molar-refractivity contribution is 5.68. The van der Waals surface area contributed by atoms with E-state index in [-0.39, 0.29) is 12.1 Å². The first-order chi connectivity index (χ1) is 8.46. The van der Waals surface area contributed by atoms with Crippen molar-refractivity contribution in [1.29, 1.82) is 0 Å². The predicted octanol–water partition coefficient (Wildman–Crippen LogP) is 2.29. The highest BCUT2D eigenvalue weighted by Crippen LogP contribution is 2.34. The molecule has 0 aromatic carbocycles. The highest BCUT2D eigenvalue weighted by Gasteiger charge is 2.36. The lowest BCUT2D eigenvalue weighted by Crippen LogP contribution is -2.44. The van der Waals surface area contributed by atoms with Crippen LogP contribution in [-0.2, 0) is 4.74 Å². The van der Waals surface area contributed by atoms with Crippen LogP contribution in [0.4, 0.5) is 4.79 Å². The lowest BCUT2D eigenvalue weighted by Gasteiger charge is -2.27. The van der Waals surface area contributed by atoms with Crippen LogP contribution in [0.3, 0.4) is 0 Å². The average molecular weight is 254 g/mol. The van der Waals surface area contributed by atoms with Crippen molar-refractivity contribution in [3.05, 3.63) is 0 Å². The Labute approximate surface area is 110 Å². The van der Waals surface area contributed by atoms with Crippen LogP contribution in [0.25, 0.3) is 0 Å². The first kappa shape index (κ1) is 13.7. The number of nitrogens with one attached hydrogen (secondary N) is 2. The molecule has 2 fully saturated rings. The van der Waals surface area contributed by atoms with Gasteiger partial charge < -0.3 is 15.4 Å². The maximum Gasteiger partial charge on any atom is 0.407 e. The van der Waals surface area contributed by atoms with E-state index < -0.39 is 5.60 Å². The molecule has 2 rings (SSSR count). The van der Waals surface area contributed by atoms with E-state index in [2.05, 4.69) is 10.6 Å².